The number of carbonyl (C=O) groups excluding carboxylic acids is 1. The van der Waals surface area contributed by atoms with E-state index in [0.717, 1.165) is 11.3 Å². The molecule has 2 rings (SSSR count). The highest BCUT2D eigenvalue weighted by Gasteiger charge is 2.21. The van der Waals surface area contributed by atoms with Crippen LogP contribution >= 0.6 is 0 Å². The van der Waals surface area contributed by atoms with E-state index in [1.54, 1.807) is 19.2 Å². The molecule has 0 bridgehead atoms. The zero-order chi connectivity index (χ0) is 15.6. The number of hydrogen-bond acceptors (Lipinski definition) is 3. The number of aromatic amines is 1. The number of benzene rings is 1. The van der Waals surface area contributed by atoms with E-state index >= 15 is 0 Å². The Morgan fingerprint density at radius 2 is 2.00 bits per heavy atom. The van der Waals surface area contributed by atoms with Crippen LogP contribution in [0.3, 0.4) is 0 Å². The van der Waals surface area contributed by atoms with Crippen molar-refractivity contribution in [1.29, 1.82) is 0 Å². The molecule has 1 aromatic carbocycles. The van der Waals surface area contributed by atoms with Crippen molar-refractivity contribution in [3.63, 3.8) is 0 Å². The number of H-pyrrole nitrogens is 1. The summed E-state index contributed by atoms with van der Waals surface area (Å²) in [5, 5.41) is 6.82. The Morgan fingerprint density at radius 3 is 2.52 bits per heavy atom. The van der Waals surface area contributed by atoms with Gasteiger partial charge in [-0.15, -0.1) is 0 Å². The zero-order valence-electron chi connectivity index (χ0n) is 12.4. The second kappa shape index (κ2) is 5.95. The standard InChI is InChI=1S/C15H19FN4O/c1-9(2)13-12(17)14(19-18-13)15(21)20(3)8-10-4-6-11(16)7-5-10/h4-7,9H,8,17H2,1-3H3,(H,18,19). The minimum absolute atomic E-state index is 0.168. The number of nitrogens with two attached hydrogens (primary N) is 1. The number of amides is 1. The van der Waals surface area contributed by atoms with Gasteiger partial charge in [-0.2, -0.15) is 5.10 Å². The molecule has 2 aromatic rings. The number of aromatic nitrogens is 2. The molecule has 0 fully saturated rings. The first-order valence-corrected chi connectivity index (χ1v) is 6.73. The minimum Gasteiger partial charge on any atom is -0.395 e. The predicted octanol–water partition coefficient (Wildman–Crippen LogP) is 2.53. The maximum Gasteiger partial charge on any atom is 0.276 e. The fraction of sp³-hybridized carbons (Fsp3) is 0.333. The van der Waals surface area contributed by atoms with Crippen molar-refractivity contribution in [2.24, 2.45) is 0 Å². The summed E-state index contributed by atoms with van der Waals surface area (Å²) in [6.45, 7) is 4.31. The van der Waals surface area contributed by atoms with Gasteiger partial charge in [-0.1, -0.05) is 26.0 Å². The van der Waals surface area contributed by atoms with E-state index < -0.39 is 0 Å². The molecule has 3 N–H and O–H groups in total. The Kier molecular flexibility index (Phi) is 4.26. The van der Waals surface area contributed by atoms with Crippen LogP contribution in [0.25, 0.3) is 0 Å². The molecule has 1 heterocycles. The summed E-state index contributed by atoms with van der Waals surface area (Å²) in [5.74, 6) is -0.396. The lowest BCUT2D eigenvalue weighted by Crippen LogP contribution is -2.27. The number of anilines is 1. The fourth-order valence-electron chi connectivity index (χ4n) is 2.08. The Hall–Kier alpha value is -2.37. The number of carbonyl (C=O) groups is 1. The highest BCUT2D eigenvalue weighted by Crippen LogP contribution is 2.23. The largest absolute Gasteiger partial charge is 0.395 e. The van der Waals surface area contributed by atoms with Gasteiger partial charge in [-0.05, 0) is 23.6 Å². The molecule has 0 radical (unpaired) electrons. The highest BCUT2D eigenvalue weighted by molar-refractivity contribution is 5.97. The summed E-state index contributed by atoms with van der Waals surface area (Å²) in [5.41, 5.74) is 8.18. The maximum atomic E-state index is 12.9. The van der Waals surface area contributed by atoms with Gasteiger partial charge in [0.1, 0.15) is 5.82 Å². The van der Waals surface area contributed by atoms with E-state index in [1.165, 1.54) is 17.0 Å². The van der Waals surface area contributed by atoms with Gasteiger partial charge in [0.05, 0.1) is 11.4 Å². The van der Waals surface area contributed by atoms with Crippen molar-refractivity contribution in [3.8, 4) is 0 Å². The average Bonchev–Trinajstić information content (AvgIpc) is 2.82. The average molecular weight is 290 g/mol. The summed E-state index contributed by atoms with van der Waals surface area (Å²) in [4.78, 5) is 13.9. The van der Waals surface area contributed by atoms with Gasteiger partial charge in [0.25, 0.3) is 5.91 Å². The number of nitrogen functional groups attached to an aromatic ring is 1. The molecule has 0 aliphatic heterocycles. The molecule has 0 aliphatic carbocycles. The molecule has 0 saturated carbocycles. The van der Waals surface area contributed by atoms with Crippen molar-refractivity contribution >= 4 is 11.6 Å². The van der Waals surface area contributed by atoms with Gasteiger partial charge in [0.2, 0.25) is 0 Å². The summed E-state index contributed by atoms with van der Waals surface area (Å²) in [6, 6.07) is 6.03. The highest BCUT2D eigenvalue weighted by atomic mass is 19.1. The molecule has 0 atom stereocenters. The van der Waals surface area contributed by atoms with Crippen LogP contribution in [0.1, 0.15) is 41.5 Å². The zero-order valence-corrected chi connectivity index (χ0v) is 12.4. The van der Waals surface area contributed by atoms with Crippen molar-refractivity contribution in [2.75, 3.05) is 12.8 Å². The third-order valence-corrected chi connectivity index (χ3v) is 3.29. The first-order valence-electron chi connectivity index (χ1n) is 6.73. The molecule has 0 aliphatic rings. The first-order chi connectivity index (χ1) is 9.90. The quantitative estimate of drug-likeness (QED) is 0.908. The van der Waals surface area contributed by atoms with Gasteiger partial charge in [-0.25, -0.2) is 4.39 Å². The SMILES string of the molecule is CC(C)c1[nH]nc(C(=O)N(C)Cc2ccc(F)cc2)c1N. The monoisotopic (exact) mass is 290 g/mol. The Morgan fingerprint density at radius 1 is 1.38 bits per heavy atom. The van der Waals surface area contributed by atoms with Gasteiger partial charge in [0, 0.05) is 13.6 Å². The summed E-state index contributed by atoms with van der Waals surface area (Å²) < 4.78 is 12.9. The first kappa shape index (κ1) is 15.0. The second-order valence-corrected chi connectivity index (χ2v) is 5.34. The minimum atomic E-state index is -0.300. The Labute approximate surface area is 123 Å². The van der Waals surface area contributed by atoms with Crippen LogP contribution in [0, 0.1) is 5.82 Å². The van der Waals surface area contributed by atoms with E-state index in [9.17, 15) is 9.18 Å². The molecule has 1 amide bonds. The number of hydrogen-bond donors (Lipinski definition) is 2. The lowest BCUT2D eigenvalue weighted by molar-refractivity contribution is 0.0780. The van der Waals surface area contributed by atoms with E-state index in [4.69, 9.17) is 5.73 Å². The third-order valence-electron chi connectivity index (χ3n) is 3.29. The van der Waals surface area contributed by atoms with E-state index in [2.05, 4.69) is 10.2 Å². The fourth-order valence-corrected chi connectivity index (χ4v) is 2.08. The van der Waals surface area contributed by atoms with Crippen LogP contribution in [-0.4, -0.2) is 28.1 Å². The lowest BCUT2D eigenvalue weighted by Gasteiger charge is -2.16. The van der Waals surface area contributed by atoms with Gasteiger partial charge in [-0.3, -0.25) is 9.89 Å². The van der Waals surface area contributed by atoms with E-state index in [-0.39, 0.29) is 23.3 Å². The van der Waals surface area contributed by atoms with Crippen LogP contribution in [0.5, 0.6) is 0 Å². The van der Waals surface area contributed by atoms with Crippen molar-refractivity contribution in [2.45, 2.75) is 26.3 Å². The van der Waals surface area contributed by atoms with Crippen molar-refractivity contribution in [1.82, 2.24) is 15.1 Å². The molecule has 0 unspecified atom stereocenters. The van der Waals surface area contributed by atoms with Crippen molar-refractivity contribution in [3.05, 3.63) is 47.0 Å². The molecule has 0 saturated heterocycles. The molecular weight excluding hydrogens is 271 g/mol. The molecule has 0 spiro atoms. The summed E-state index contributed by atoms with van der Waals surface area (Å²) in [6.07, 6.45) is 0. The van der Waals surface area contributed by atoms with Crippen LogP contribution in [0.15, 0.2) is 24.3 Å². The molecule has 6 heteroatoms. The molecule has 1 aromatic heterocycles. The smallest absolute Gasteiger partial charge is 0.276 e. The van der Waals surface area contributed by atoms with Crippen LogP contribution < -0.4 is 5.73 Å². The number of halogens is 1. The predicted molar refractivity (Wildman–Crippen MR) is 79.3 cm³/mol. The van der Waals surface area contributed by atoms with Gasteiger partial charge in [0.15, 0.2) is 5.69 Å². The second-order valence-electron chi connectivity index (χ2n) is 5.34. The summed E-state index contributed by atoms with van der Waals surface area (Å²) >= 11 is 0. The van der Waals surface area contributed by atoms with Crippen LogP contribution in [0.4, 0.5) is 10.1 Å². The molecule has 112 valence electrons. The van der Waals surface area contributed by atoms with Crippen molar-refractivity contribution < 1.29 is 9.18 Å². The maximum absolute atomic E-state index is 12.9. The third kappa shape index (κ3) is 3.21. The molecule has 21 heavy (non-hydrogen) atoms. The Bertz CT molecular complexity index is 634. The van der Waals surface area contributed by atoms with E-state index in [0.29, 0.717) is 12.2 Å². The lowest BCUT2D eigenvalue weighted by atomic mass is 10.1. The summed E-state index contributed by atoms with van der Waals surface area (Å²) in [7, 11) is 1.66. The number of rotatable bonds is 4. The van der Waals surface area contributed by atoms with Gasteiger partial charge < -0.3 is 10.6 Å². The normalized spacial score (nSPS) is 10.9. The van der Waals surface area contributed by atoms with Crippen LogP contribution in [-0.2, 0) is 6.54 Å². The molecular formula is C15H19FN4O. The number of nitrogens with zero attached hydrogens (tertiary/aromatic N) is 2. The Balaban J connectivity index is 2.14. The number of nitrogens with one attached hydrogen (secondary N) is 1. The topological polar surface area (TPSA) is 75.0 Å². The van der Waals surface area contributed by atoms with Gasteiger partial charge >= 0.3 is 0 Å². The van der Waals surface area contributed by atoms with E-state index in [1.807, 2.05) is 13.8 Å². The van der Waals surface area contributed by atoms with Crippen LogP contribution in [0.2, 0.25) is 0 Å². The molecule has 5 nitrogen and oxygen atoms in total.